The van der Waals surface area contributed by atoms with Crippen molar-refractivity contribution in [1.82, 2.24) is 14.9 Å². The van der Waals surface area contributed by atoms with Crippen molar-refractivity contribution in [2.24, 2.45) is 0 Å². The number of hydrogen-bond donors (Lipinski definition) is 1. The highest BCUT2D eigenvalue weighted by Crippen LogP contribution is 2.27. The maximum atomic E-state index is 13.8. The largest absolute Gasteiger partial charge is 0.342 e. The molecule has 1 atom stereocenters. The van der Waals surface area contributed by atoms with Crippen molar-refractivity contribution in [2.45, 2.75) is 25.2 Å². The molecule has 0 spiro atoms. The average molecular weight is 365 g/mol. The lowest BCUT2D eigenvalue weighted by atomic mass is 9.93. The van der Waals surface area contributed by atoms with Gasteiger partial charge >= 0.3 is 0 Å². The third-order valence-electron chi connectivity index (χ3n) is 5.14. The molecule has 5 nitrogen and oxygen atoms in total. The molecule has 4 rings (SSSR count). The Morgan fingerprint density at radius 1 is 1.26 bits per heavy atom. The minimum atomic E-state index is -0.356. The highest BCUT2D eigenvalue weighted by atomic mass is 19.1. The number of piperidine rings is 1. The minimum absolute atomic E-state index is 0.0531. The molecular weight excluding hydrogens is 345 g/mol. The molecule has 0 unspecified atom stereocenters. The number of aromatic nitrogens is 2. The van der Waals surface area contributed by atoms with E-state index in [1.54, 1.807) is 35.4 Å². The molecule has 1 fully saturated rings. The van der Waals surface area contributed by atoms with Gasteiger partial charge in [0.25, 0.3) is 5.56 Å². The average Bonchev–Trinajstić information content (AvgIpc) is 2.70. The maximum absolute atomic E-state index is 13.8. The van der Waals surface area contributed by atoms with Gasteiger partial charge < -0.3 is 9.88 Å². The second kappa shape index (κ2) is 7.31. The third kappa shape index (κ3) is 3.60. The van der Waals surface area contributed by atoms with Crippen molar-refractivity contribution in [3.63, 3.8) is 0 Å². The van der Waals surface area contributed by atoms with Crippen LogP contribution in [0.1, 0.15) is 30.0 Å². The number of rotatable bonds is 3. The number of aromatic amines is 1. The van der Waals surface area contributed by atoms with E-state index in [1.807, 2.05) is 12.1 Å². The van der Waals surface area contributed by atoms with Crippen LogP contribution in [0.5, 0.6) is 0 Å². The highest BCUT2D eigenvalue weighted by Gasteiger charge is 2.26. The molecule has 3 heterocycles. The van der Waals surface area contributed by atoms with E-state index in [9.17, 15) is 14.0 Å². The van der Waals surface area contributed by atoms with Gasteiger partial charge in [0, 0.05) is 36.3 Å². The molecule has 0 radical (unpaired) electrons. The molecule has 1 N–H and O–H groups in total. The SMILES string of the molecule is O=C(Cc1ccccc1F)N1CCC[C@@H](c2cc3cccnc3c(=O)[nH]2)C1. The summed E-state index contributed by atoms with van der Waals surface area (Å²) in [6.45, 7) is 1.18. The quantitative estimate of drug-likeness (QED) is 0.776. The van der Waals surface area contributed by atoms with E-state index in [2.05, 4.69) is 9.97 Å². The summed E-state index contributed by atoms with van der Waals surface area (Å²) in [4.78, 5) is 33.8. The number of amides is 1. The molecule has 0 bridgehead atoms. The Balaban J connectivity index is 1.54. The van der Waals surface area contributed by atoms with E-state index in [0.29, 0.717) is 24.2 Å². The Kier molecular flexibility index (Phi) is 4.71. The second-order valence-corrected chi connectivity index (χ2v) is 6.94. The van der Waals surface area contributed by atoms with Gasteiger partial charge in [0.2, 0.25) is 5.91 Å². The van der Waals surface area contributed by atoms with Crippen molar-refractivity contribution in [1.29, 1.82) is 0 Å². The first kappa shape index (κ1) is 17.4. The van der Waals surface area contributed by atoms with Crippen molar-refractivity contribution in [2.75, 3.05) is 13.1 Å². The molecule has 1 aliphatic rings. The van der Waals surface area contributed by atoms with E-state index in [0.717, 1.165) is 23.9 Å². The van der Waals surface area contributed by atoms with E-state index in [1.165, 1.54) is 6.07 Å². The molecule has 3 aromatic rings. The van der Waals surface area contributed by atoms with Crippen molar-refractivity contribution < 1.29 is 9.18 Å². The summed E-state index contributed by atoms with van der Waals surface area (Å²) in [6.07, 6.45) is 3.39. The van der Waals surface area contributed by atoms with Crippen LogP contribution in [0.15, 0.2) is 53.5 Å². The fraction of sp³-hybridized carbons (Fsp3) is 0.286. The number of carbonyl (C=O) groups excluding carboxylic acids is 1. The number of nitrogens with zero attached hydrogens (tertiary/aromatic N) is 2. The molecule has 1 amide bonds. The first-order chi connectivity index (χ1) is 13.1. The van der Waals surface area contributed by atoms with Gasteiger partial charge in [-0.05, 0) is 36.6 Å². The van der Waals surface area contributed by atoms with Crippen LogP contribution in [0, 0.1) is 5.82 Å². The summed E-state index contributed by atoms with van der Waals surface area (Å²) in [5.74, 6) is -0.388. The molecule has 1 saturated heterocycles. The molecule has 27 heavy (non-hydrogen) atoms. The van der Waals surface area contributed by atoms with Crippen LogP contribution in [-0.4, -0.2) is 33.9 Å². The Morgan fingerprint density at radius 2 is 2.11 bits per heavy atom. The number of H-pyrrole nitrogens is 1. The zero-order valence-corrected chi connectivity index (χ0v) is 14.8. The van der Waals surface area contributed by atoms with Gasteiger partial charge in [0.15, 0.2) is 0 Å². The van der Waals surface area contributed by atoms with Crippen molar-refractivity contribution in [3.8, 4) is 0 Å². The topological polar surface area (TPSA) is 66.1 Å². The Bertz CT molecular complexity index is 1050. The normalized spacial score (nSPS) is 17.2. The number of halogens is 1. The summed E-state index contributed by atoms with van der Waals surface area (Å²) in [5, 5.41) is 0.797. The highest BCUT2D eigenvalue weighted by molar-refractivity contribution is 5.79. The molecule has 2 aromatic heterocycles. The van der Waals surface area contributed by atoms with Gasteiger partial charge in [0.05, 0.1) is 6.42 Å². The number of nitrogens with one attached hydrogen (secondary N) is 1. The lowest BCUT2D eigenvalue weighted by molar-refractivity contribution is -0.131. The van der Waals surface area contributed by atoms with Crippen LogP contribution in [0.3, 0.4) is 0 Å². The van der Waals surface area contributed by atoms with Crippen LogP contribution in [0.2, 0.25) is 0 Å². The van der Waals surface area contributed by atoms with Crippen LogP contribution >= 0.6 is 0 Å². The molecule has 6 heteroatoms. The zero-order valence-electron chi connectivity index (χ0n) is 14.8. The second-order valence-electron chi connectivity index (χ2n) is 6.94. The molecule has 138 valence electrons. The fourth-order valence-corrected chi connectivity index (χ4v) is 3.71. The summed E-state index contributed by atoms with van der Waals surface area (Å²) in [7, 11) is 0. The lowest BCUT2D eigenvalue weighted by Gasteiger charge is -2.33. The summed E-state index contributed by atoms with van der Waals surface area (Å²) >= 11 is 0. The Morgan fingerprint density at radius 3 is 2.96 bits per heavy atom. The first-order valence-electron chi connectivity index (χ1n) is 9.11. The van der Waals surface area contributed by atoms with Gasteiger partial charge in [-0.3, -0.25) is 14.6 Å². The third-order valence-corrected chi connectivity index (χ3v) is 5.14. The van der Waals surface area contributed by atoms with Crippen LogP contribution in [0.25, 0.3) is 10.9 Å². The first-order valence-corrected chi connectivity index (χ1v) is 9.11. The van der Waals surface area contributed by atoms with E-state index < -0.39 is 0 Å². The van der Waals surface area contributed by atoms with Gasteiger partial charge in [-0.15, -0.1) is 0 Å². The molecule has 1 aromatic carbocycles. The predicted octanol–water partition coefficient (Wildman–Crippen LogP) is 3.01. The molecular formula is C21H20FN3O2. The number of likely N-dealkylation sites (tertiary alicyclic amines) is 1. The monoisotopic (exact) mass is 365 g/mol. The standard InChI is InChI=1S/C21H20FN3O2/c22-17-8-2-1-5-14(17)12-19(26)25-10-4-7-16(13-25)18-11-15-6-3-9-23-20(15)21(27)24-18/h1-3,5-6,8-9,11,16H,4,7,10,12-13H2,(H,24,27)/t16-/m1/s1. The Hall–Kier alpha value is -3.02. The fourth-order valence-electron chi connectivity index (χ4n) is 3.71. The summed E-state index contributed by atoms with van der Waals surface area (Å²) in [5.41, 5.74) is 1.45. The number of benzene rings is 1. The van der Waals surface area contributed by atoms with Crippen LogP contribution in [-0.2, 0) is 11.2 Å². The van der Waals surface area contributed by atoms with Crippen molar-refractivity contribution >= 4 is 16.8 Å². The number of pyridine rings is 2. The van der Waals surface area contributed by atoms with Gasteiger partial charge in [-0.2, -0.15) is 0 Å². The van der Waals surface area contributed by atoms with Gasteiger partial charge in [0.1, 0.15) is 11.3 Å². The molecule has 0 saturated carbocycles. The number of carbonyl (C=O) groups is 1. The van der Waals surface area contributed by atoms with Crippen molar-refractivity contribution in [3.05, 3.63) is 76.1 Å². The summed E-state index contributed by atoms with van der Waals surface area (Å²) in [6, 6.07) is 12.0. The van der Waals surface area contributed by atoms with E-state index >= 15 is 0 Å². The minimum Gasteiger partial charge on any atom is -0.342 e. The van der Waals surface area contributed by atoms with Crippen LogP contribution < -0.4 is 5.56 Å². The number of hydrogen-bond acceptors (Lipinski definition) is 3. The van der Waals surface area contributed by atoms with Crippen LogP contribution in [0.4, 0.5) is 4.39 Å². The molecule has 1 aliphatic heterocycles. The molecule has 0 aliphatic carbocycles. The lowest BCUT2D eigenvalue weighted by Crippen LogP contribution is -2.40. The van der Waals surface area contributed by atoms with E-state index in [-0.39, 0.29) is 29.6 Å². The van der Waals surface area contributed by atoms with Gasteiger partial charge in [-0.1, -0.05) is 24.3 Å². The van der Waals surface area contributed by atoms with E-state index in [4.69, 9.17) is 0 Å². The van der Waals surface area contributed by atoms with Gasteiger partial charge in [-0.25, -0.2) is 4.39 Å². The zero-order chi connectivity index (χ0) is 18.8. The Labute approximate surface area is 155 Å². The summed E-state index contributed by atoms with van der Waals surface area (Å²) < 4.78 is 13.8. The maximum Gasteiger partial charge on any atom is 0.274 e. The number of fused-ring (bicyclic) bond motifs is 1. The smallest absolute Gasteiger partial charge is 0.274 e. The predicted molar refractivity (Wildman–Crippen MR) is 101 cm³/mol.